The number of rotatable bonds is 5. The minimum atomic E-state index is -0.515. The maximum atomic E-state index is 13.8. The molecule has 142 valence electrons. The molecule has 0 aromatic heterocycles. The van der Waals surface area contributed by atoms with Crippen LogP contribution >= 0.6 is 0 Å². The van der Waals surface area contributed by atoms with E-state index in [4.69, 9.17) is 4.74 Å². The van der Waals surface area contributed by atoms with Crippen LogP contribution in [0.3, 0.4) is 0 Å². The standard InChI is InChI=1S/C19H20FN3O4/c1-27-18-12-14(23(25)26)6-7-17(18)21-13-8-10-22(11-9-13)19(24)15-4-2-3-5-16(15)20/h2-7,12-13,21H,8-11H2,1H3. The molecule has 2 aromatic rings. The van der Waals surface area contributed by atoms with Gasteiger partial charge in [-0.1, -0.05) is 12.1 Å². The van der Waals surface area contributed by atoms with E-state index in [0.717, 1.165) is 0 Å². The number of amides is 1. The van der Waals surface area contributed by atoms with Crippen molar-refractivity contribution in [2.75, 3.05) is 25.5 Å². The summed E-state index contributed by atoms with van der Waals surface area (Å²) in [6.45, 7) is 1.00. The maximum absolute atomic E-state index is 13.8. The van der Waals surface area contributed by atoms with E-state index in [0.29, 0.717) is 37.4 Å². The first-order chi connectivity index (χ1) is 13.0. The summed E-state index contributed by atoms with van der Waals surface area (Å²) in [5.41, 5.74) is 0.714. The van der Waals surface area contributed by atoms with Gasteiger partial charge in [-0.15, -0.1) is 0 Å². The van der Waals surface area contributed by atoms with E-state index in [1.54, 1.807) is 23.1 Å². The summed E-state index contributed by atoms with van der Waals surface area (Å²) < 4.78 is 19.0. The Hall–Kier alpha value is -3.16. The van der Waals surface area contributed by atoms with E-state index in [9.17, 15) is 19.3 Å². The molecule has 0 radical (unpaired) electrons. The molecule has 0 unspecified atom stereocenters. The van der Waals surface area contributed by atoms with Crippen molar-refractivity contribution >= 4 is 17.3 Å². The number of nitro groups is 1. The topological polar surface area (TPSA) is 84.7 Å². The summed E-state index contributed by atoms with van der Waals surface area (Å²) in [5.74, 6) is -0.424. The van der Waals surface area contributed by atoms with Crippen LogP contribution in [-0.2, 0) is 0 Å². The molecule has 2 aromatic carbocycles. The van der Waals surface area contributed by atoms with Gasteiger partial charge in [0, 0.05) is 25.2 Å². The lowest BCUT2D eigenvalue weighted by molar-refractivity contribution is -0.384. The molecule has 0 saturated carbocycles. The number of benzene rings is 2. The lowest BCUT2D eigenvalue weighted by Gasteiger charge is -2.33. The zero-order chi connectivity index (χ0) is 19.4. The highest BCUT2D eigenvalue weighted by Gasteiger charge is 2.25. The van der Waals surface area contributed by atoms with Crippen LogP contribution in [-0.4, -0.2) is 42.0 Å². The summed E-state index contributed by atoms with van der Waals surface area (Å²) in [4.78, 5) is 24.5. The molecule has 1 fully saturated rings. The fraction of sp³-hybridized carbons (Fsp3) is 0.316. The monoisotopic (exact) mass is 373 g/mol. The number of nitro benzene ring substituents is 1. The first-order valence-electron chi connectivity index (χ1n) is 8.62. The molecule has 1 saturated heterocycles. The molecule has 1 amide bonds. The highest BCUT2D eigenvalue weighted by molar-refractivity contribution is 5.94. The lowest BCUT2D eigenvalue weighted by atomic mass is 10.0. The van der Waals surface area contributed by atoms with Crippen molar-refractivity contribution in [2.45, 2.75) is 18.9 Å². The second-order valence-electron chi connectivity index (χ2n) is 6.33. The molecule has 1 aliphatic rings. The fourth-order valence-electron chi connectivity index (χ4n) is 3.16. The Labute approximate surface area is 155 Å². The molecule has 0 aliphatic carbocycles. The van der Waals surface area contributed by atoms with Gasteiger partial charge in [-0.3, -0.25) is 14.9 Å². The van der Waals surface area contributed by atoms with Gasteiger partial charge < -0.3 is 15.0 Å². The van der Waals surface area contributed by atoms with E-state index in [1.165, 1.54) is 31.4 Å². The Balaban J connectivity index is 1.62. The predicted octanol–water partition coefficient (Wildman–Crippen LogP) is 3.46. The van der Waals surface area contributed by atoms with Crippen molar-refractivity contribution in [3.8, 4) is 5.75 Å². The molecule has 1 heterocycles. The normalized spacial score (nSPS) is 14.7. The maximum Gasteiger partial charge on any atom is 0.273 e. The number of nitrogens with one attached hydrogen (secondary N) is 1. The average molecular weight is 373 g/mol. The van der Waals surface area contributed by atoms with Gasteiger partial charge in [-0.05, 0) is 31.0 Å². The second kappa shape index (κ2) is 8.03. The van der Waals surface area contributed by atoms with Gasteiger partial charge in [0.05, 0.1) is 29.4 Å². The van der Waals surface area contributed by atoms with Crippen LogP contribution in [0.5, 0.6) is 5.75 Å². The smallest absolute Gasteiger partial charge is 0.273 e. The van der Waals surface area contributed by atoms with E-state index in [-0.39, 0.29) is 23.2 Å². The van der Waals surface area contributed by atoms with Crippen LogP contribution in [0.15, 0.2) is 42.5 Å². The SMILES string of the molecule is COc1cc([N+](=O)[O-])ccc1NC1CCN(C(=O)c2ccccc2F)CC1. The number of carbonyl (C=O) groups excluding carboxylic acids is 1. The number of carbonyl (C=O) groups is 1. The van der Waals surface area contributed by atoms with Gasteiger partial charge in [0.1, 0.15) is 11.6 Å². The number of anilines is 1. The minimum Gasteiger partial charge on any atom is -0.494 e. The summed E-state index contributed by atoms with van der Waals surface area (Å²) in [6.07, 6.45) is 1.36. The predicted molar refractivity (Wildman–Crippen MR) is 98.6 cm³/mol. The lowest BCUT2D eigenvalue weighted by Crippen LogP contribution is -2.42. The first-order valence-corrected chi connectivity index (χ1v) is 8.62. The Morgan fingerprint density at radius 1 is 1.26 bits per heavy atom. The van der Waals surface area contributed by atoms with Gasteiger partial charge in [-0.2, -0.15) is 0 Å². The number of likely N-dealkylation sites (tertiary alicyclic amines) is 1. The number of hydrogen-bond acceptors (Lipinski definition) is 5. The molecule has 1 N–H and O–H groups in total. The summed E-state index contributed by atoms with van der Waals surface area (Å²) >= 11 is 0. The zero-order valence-electron chi connectivity index (χ0n) is 14.9. The molecule has 27 heavy (non-hydrogen) atoms. The molecule has 1 aliphatic heterocycles. The average Bonchev–Trinajstić information content (AvgIpc) is 2.68. The van der Waals surface area contributed by atoms with Crippen LogP contribution in [0.4, 0.5) is 15.8 Å². The van der Waals surface area contributed by atoms with Gasteiger partial charge >= 0.3 is 0 Å². The van der Waals surface area contributed by atoms with Crippen molar-refractivity contribution in [2.24, 2.45) is 0 Å². The third kappa shape index (κ3) is 4.16. The van der Waals surface area contributed by atoms with Crippen molar-refractivity contribution in [3.05, 3.63) is 64.0 Å². The van der Waals surface area contributed by atoms with Crippen molar-refractivity contribution in [3.63, 3.8) is 0 Å². The largest absolute Gasteiger partial charge is 0.494 e. The first kappa shape index (κ1) is 18.6. The van der Waals surface area contributed by atoms with Crippen LogP contribution in [0.25, 0.3) is 0 Å². The van der Waals surface area contributed by atoms with Gasteiger partial charge in [0.2, 0.25) is 0 Å². The minimum absolute atomic E-state index is 0.0392. The molecule has 8 heteroatoms. The Morgan fingerprint density at radius 2 is 1.96 bits per heavy atom. The number of nitrogens with zero attached hydrogens (tertiary/aromatic N) is 2. The van der Waals surface area contributed by atoms with Crippen LogP contribution in [0, 0.1) is 15.9 Å². The third-order valence-corrected chi connectivity index (χ3v) is 4.64. The summed E-state index contributed by atoms with van der Waals surface area (Å²) in [7, 11) is 1.46. The van der Waals surface area contributed by atoms with E-state index in [2.05, 4.69) is 5.32 Å². The van der Waals surface area contributed by atoms with Crippen LogP contribution in [0.2, 0.25) is 0 Å². The molecular weight excluding hydrogens is 353 g/mol. The fourth-order valence-corrected chi connectivity index (χ4v) is 3.16. The highest BCUT2D eigenvalue weighted by atomic mass is 19.1. The van der Waals surface area contributed by atoms with Crippen molar-refractivity contribution < 1.29 is 18.8 Å². The van der Waals surface area contributed by atoms with Crippen LogP contribution < -0.4 is 10.1 Å². The van der Waals surface area contributed by atoms with Crippen LogP contribution in [0.1, 0.15) is 23.2 Å². The second-order valence-corrected chi connectivity index (χ2v) is 6.33. The number of hydrogen-bond donors (Lipinski definition) is 1. The molecule has 0 spiro atoms. The van der Waals surface area contributed by atoms with E-state index in [1.807, 2.05) is 0 Å². The summed E-state index contributed by atoms with van der Waals surface area (Å²) in [5, 5.41) is 14.2. The Bertz CT molecular complexity index is 851. The number of methoxy groups -OCH3 is 1. The molecule has 0 atom stereocenters. The van der Waals surface area contributed by atoms with E-state index >= 15 is 0 Å². The number of non-ortho nitro benzene ring substituents is 1. The Morgan fingerprint density at radius 3 is 2.59 bits per heavy atom. The van der Waals surface area contributed by atoms with Crippen molar-refractivity contribution in [1.29, 1.82) is 0 Å². The number of halogens is 1. The van der Waals surface area contributed by atoms with Gasteiger partial charge in [0.15, 0.2) is 0 Å². The number of piperidine rings is 1. The van der Waals surface area contributed by atoms with Crippen molar-refractivity contribution in [1.82, 2.24) is 4.90 Å². The molecular formula is C19H20FN3O4. The quantitative estimate of drug-likeness (QED) is 0.641. The molecule has 0 bridgehead atoms. The highest BCUT2D eigenvalue weighted by Crippen LogP contribution is 2.30. The summed E-state index contributed by atoms with van der Waals surface area (Å²) in [6, 6.07) is 10.5. The zero-order valence-corrected chi connectivity index (χ0v) is 14.9. The van der Waals surface area contributed by atoms with E-state index < -0.39 is 10.7 Å². The van der Waals surface area contributed by atoms with Gasteiger partial charge in [0.25, 0.3) is 11.6 Å². The molecule has 7 nitrogen and oxygen atoms in total. The third-order valence-electron chi connectivity index (χ3n) is 4.64. The van der Waals surface area contributed by atoms with Gasteiger partial charge in [-0.25, -0.2) is 4.39 Å². The number of ether oxygens (including phenoxy) is 1. The molecule has 3 rings (SSSR count). The Kier molecular flexibility index (Phi) is 5.54.